The fraction of sp³-hybridized carbons (Fsp3) is 0.556. The van der Waals surface area contributed by atoms with E-state index in [1.165, 1.54) is 0 Å². The molecule has 0 bridgehead atoms. The maximum absolute atomic E-state index is 5.49. The zero-order valence-electron chi connectivity index (χ0n) is 8.36. The molecule has 4 heteroatoms. The molecule has 0 aromatic carbocycles. The molecule has 0 saturated carbocycles. The van der Waals surface area contributed by atoms with E-state index in [0.717, 1.165) is 12.2 Å². The van der Waals surface area contributed by atoms with Gasteiger partial charge in [-0.25, -0.2) is 4.98 Å². The maximum atomic E-state index is 5.49. The number of nitrogens with two attached hydrogens (primary N) is 1. The summed E-state index contributed by atoms with van der Waals surface area (Å²) >= 11 is 0. The van der Waals surface area contributed by atoms with E-state index in [-0.39, 0.29) is 0 Å². The molecule has 72 valence electrons. The zero-order valence-corrected chi connectivity index (χ0v) is 8.36. The van der Waals surface area contributed by atoms with Crippen molar-refractivity contribution < 1.29 is 0 Å². The Morgan fingerprint density at radius 3 is 2.85 bits per heavy atom. The molecule has 1 heterocycles. The van der Waals surface area contributed by atoms with Crippen LogP contribution in [0.25, 0.3) is 0 Å². The van der Waals surface area contributed by atoms with Gasteiger partial charge >= 0.3 is 0 Å². The molecule has 13 heavy (non-hydrogen) atoms. The molecule has 0 amide bonds. The molecule has 0 spiro atoms. The fourth-order valence-corrected chi connectivity index (χ4v) is 1.06. The van der Waals surface area contributed by atoms with Gasteiger partial charge in [-0.15, -0.1) is 0 Å². The number of nitrogen functional groups attached to an aromatic ring is 1. The smallest absolute Gasteiger partial charge is 0.221 e. The fourth-order valence-electron chi connectivity index (χ4n) is 1.06. The van der Waals surface area contributed by atoms with E-state index in [1.807, 2.05) is 13.1 Å². The lowest BCUT2D eigenvalue weighted by atomic mass is 10.2. The summed E-state index contributed by atoms with van der Waals surface area (Å²) in [5, 5.41) is 0. The topological polar surface area (TPSA) is 55.0 Å². The van der Waals surface area contributed by atoms with Gasteiger partial charge in [-0.05, 0) is 19.4 Å². The molecule has 0 radical (unpaired) electrons. The van der Waals surface area contributed by atoms with Crippen molar-refractivity contribution >= 4 is 11.8 Å². The summed E-state index contributed by atoms with van der Waals surface area (Å²) in [6.07, 6.45) is 2.76. The van der Waals surface area contributed by atoms with Crippen LogP contribution in [0.2, 0.25) is 0 Å². The second-order valence-electron chi connectivity index (χ2n) is 3.14. The number of hydrogen-bond acceptors (Lipinski definition) is 4. The van der Waals surface area contributed by atoms with Gasteiger partial charge < -0.3 is 10.6 Å². The average molecular weight is 180 g/mol. The van der Waals surface area contributed by atoms with Crippen molar-refractivity contribution in [3.63, 3.8) is 0 Å². The molecule has 0 fully saturated rings. The largest absolute Gasteiger partial charge is 0.368 e. The number of rotatable bonds is 3. The first-order valence-corrected chi connectivity index (χ1v) is 4.46. The Morgan fingerprint density at radius 1 is 1.62 bits per heavy atom. The molecular weight excluding hydrogens is 164 g/mol. The minimum absolute atomic E-state index is 0.327. The number of aromatic nitrogens is 2. The highest BCUT2D eigenvalue weighted by molar-refractivity contribution is 5.40. The Bertz CT molecular complexity index is 274. The Hall–Kier alpha value is -1.32. The normalized spacial score (nSPS) is 12.5. The standard InChI is InChI=1S/C9H16N4/c1-4-7(2)13(3)8-5-6-11-9(10)12-8/h5-7H,4H2,1-3H3,(H2,10,11,12). The van der Waals surface area contributed by atoms with Crippen LogP contribution in [0, 0.1) is 0 Å². The Morgan fingerprint density at radius 2 is 2.31 bits per heavy atom. The molecule has 2 N–H and O–H groups in total. The van der Waals surface area contributed by atoms with E-state index < -0.39 is 0 Å². The summed E-state index contributed by atoms with van der Waals surface area (Å²) in [7, 11) is 2.01. The third-order valence-electron chi connectivity index (χ3n) is 2.27. The van der Waals surface area contributed by atoms with Gasteiger partial charge in [-0.2, -0.15) is 4.98 Å². The minimum atomic E-state index is 0.327. The van der Waals surface area contributed by atoms with Gasteiger partial charge in [-0.3, -0.25) is 0 Å². The van der Waals surface area contributed by atoms with Gasteiger partial charge in [0.15, 0.2) is 0 Å². The maximum Gasteiger partial charge on any atom is 0.221 e. The van der Waals surface area contributed by atoms with E-state index in [1.54, 1.807) is 6.20 Å². The molecule has 1 aromatic heterocycles. The van der Waals surface area contributed by atoms with Crippen LogP contribution < -0.4 is 10.6 Å². The van der Waals surface area contributed by atoms with Crippen LogP contribution in [-0.2, 0) is 0 Å². The molecule has 1 aromatic rings. The molecule has 1 rings (SSSR count). The van der Waals surface area contributed by atoms with Crippen LogP contribution >= 0.6 is 0 Å². The lowest BCUT2D eigenvalue weighted by Crippen LogP contribution is -2.28. The van der Waals surface area contributed by atoms with Crippen LogP contribution in [0.4, 0.5) is 11.8 Å². The summed E-state index contributed by atoms with van der Waals surface area (Å²) in [5.41, 5.74) is 5.49. The van der Waals surface area contributed by atoms with Crippen LogP contribution in [-0.4, -0.2) is 23.1 Å². The first-order chi connectivity index (χ1) is 6.15. The summed E-state index contributed by atoms with van der Waals surface area (Å²) < 4.78 is 0. The molecule has 0 saturated heterocycles. The average Bonchev–Trinajstić information content (AvgIpc) is 2.15. The van der Waals surface area contributed by atoms with Crippen LogP contribution in [0.15, 0.2) is 12.3 Å². The van der Waals surface area contributed by atoms with Gasteiger partial charge in [0.05, 0.1) is 0 Å². The molecule has 0 aliphatic carbocycles. The predicted octanol–water partition coefficient (Wildman–Crippen LogP) is 1.29. The van der Waals surface area contributed by atoms with E-state index in [4.69, 9.17) is 5.73 Å². The lowest BCUT2D eigenvalue weighted by Gasteiger charge is -2.24. The summed E-state index contributed by atoms with van der Waals surface area (Å²) in [6.45, 7) is 4.30. The van der Waals surface area contributed by atoms with Gasteiger partial charge in [0.1, 0.15) is 5.82 Å². The lowest BCUT2D eigenvalue weighted by molar-refractivity contribution is 0.656. The van der Waals surface area contributed by atoms with Gasteiger partial charge in [0.2, 0.25) is 5.95 Å². The van der Waals surface area contributed by atoms with Gasteiger partial charge in [0, 0.05) is 19.3 Å². The van der Waals surface area contributed by atoms with Crippen molar-refractivity contribution in [3.8, 4) is 0 Å². The van der Waals surface area contributed by atoms with Crippen molar-refractivity contribution in [2.75, 3.05) is 17.7 Å². The van der Waals surface area contributed by atoms with Crippen molar-refractivity contribution in [2.24, 2.45) is 0 Å². The number of nitrogens with zero attached hydrogens (tertiary/aromatic N) is 3. The summed E-state index contributed by atoms with van der Waals surface area (Å²) in [6, 6.07) is 2.33. The van der Waals surface area contributed by atoms with Crippen LogP contribution in [0.1, 0.15) is 20.3 Å². The number of anilines is 2. The minimum Gasteiger partial charge on any atom is -0.368 e. The molecule has 0 aliphatic heterocycles. The van der Waals surface area contributed by atoms with Crippen molar-refractivity contribution in [1.82, 2.24) is 9.97 Å². The SMILES string of the molecule is CCC(C)N(C)c1ccnc(N)n1. The number of hydrogen-bond donors (Lipinski definition) is 1. The molecule has 1 atom stereocenters. The monoisotopic (exact) mass is 180 g/mol. The van der Waals surface area contributed by atoms with Crippen molar-refractivity contribution in [2.45, 2.75) is 26.3 Å². The Labute approximate surface area is 78.8 Å². The van der Waals surface area contributed by atoms with Crippen molar-refractivity contribution in [1.29, 1.82) is 0 Å². The summed E-state index contributed by atoms with van der Waals surface area (Å²) in [4.78, 5) is 10.1. The van der Waals surface area contributed by atoms with E-state index in [0.29, 0.717) is 12.0 Å². The van der Waals surface area contributed by atoms with E-state index >= 15 is 0 Å². The quantitative estimate of drug-likeness (QED) is 0.761. The third-order valence-corrected chi connectivity index (χ3v) is 2.27. The van der Waals surface area contributed by atoms with Crippen LogP contribution in [0.3, 0.4) is 0 Å². The Kier molecular flexibility index (Phi) is 3.06. The highest BCUT2D eigenvalue weighted by Crippen LogP contribution is 2.13. The first-order valence-electron chi connectivity index (χ1n) is 4.46. The van der Waals surface area contributed by atoms with E-state index in [9.17, 15) is 0 Å². The summed E-state index contributed by atoms with van der Waals surface area (Å²) in [5.74, 6) is 1.20. The van der Waals surface area contributed by atoms with Gasteiger partial charge in [-0.1, -0.05) is 6.92 Å². The van der Waals surface area contributed by atoms with Gasteiger partial charge in [0.25, 0.3) is 0 Å². The highest BCUT2D eigenvalue weighted by Gasteiger charge is 2.08. The van der Waals surface area contributed by atoms with E-state index in [2.05, 4.69) is 28.7 Å². The van der Waals surface area contributed by atoms with Crippen molar-refractivity contribution in [3.05, 3.63) is 12.3 Å². The zero-order chi connectivity index (χ0) is 9.84. The second kappa shape index (κ2) is 4.07. The second-order valence-corrected chi connectivity index (χ2v) is 3.14. The molecule has 4 nitrogen and oxygen atoms in total. The highest BCUT2D eigenvalue weighted by atomic mass is 15.2. The predicted molar refractivity (Wildman–Crippen MR) is 54.6 cm³/mol. The Balaban J connectivity index is 2.82. The van der Waals surface area contributed by atoms with Crippen LogP contribution in [0.5, 0.6) is 0 Å². The molecule has 1 unspecified atom stereocenters. The first kappa shape index (κ1) is 9.77. The molecular formula is C9H16N4. The third kappa shape index (κ3) is 2.31. The molecule has 0 aliphatic rings.